The fraction of sp³-hybridized carbons (Fsp3) is 0.108. The highest BCUT2D eigenvalue weighted by molar-refractivity contribution is 7.86. The standard InChI is InChI=1S/C37H29N3O5S.O3S/c1-3-39-30(26-10-5-8-24-9-6-13-32(39)35(24)26)18-15-23(29-17-14-25(22-38-29)37(41)42)16-19-31-27-11-7-12-28-34(46(43,44)45)21-20-33(36(27)28)40(31)4-2;1-4(2)3/h5-22H,3-4H2,1-2H3,(H-,41,42,43,44,45);/p+1. The number of carboxylic acid groups (broad SMARTS) is 1. The van der Waals surface area contributed by atoms with Gasteiger partial charge in [-0.2, -0.15) is 13.0 Å². The van der Waals surface area contributed by atoms with Gasteiger partial charge in [-0.3, -0.25) is 9.54 Å². The predicted molar refractivity (Wildman–Crippen MR) is 191 cm³/mol. The lowest BCUT2D eigenvalue weighted by Crippen LogP contribution is -2.14. The first-order valence-corrected chi connectivity index (χ1v) is 17.9. The molecule has 0 bridgehead atoms. The first-order valence-electron chi connectivity index (χ1n) is 15.5. The second-order valence-corrected chi connectivity index (χ2v) is 13.1. The molecule has 0 unspecified atom stereocenters. The fourth-order valence-corrected chi connectivity index (χ4v) is 7.32. The van der Waals surface area contributed by atoms with Gasteiger partial charge in [-0.25, -0.2) is 4.79 Å². The molecule has 252 valence electrons. The van der Waals surface area contributed by atoms with Crippen molar-refractivity contribution in [1.29, 1.82) is 0 Å². The van der Waals surface area contributed by atoms with Gasteiger partial charge in [-0.1, -0.05) is 48.5 Å². The van der Waals surface area contributed by atoms with E-state index in [0.29, 0.717) is 17.6 Å². The highest BCUT2D eigenvalue weighted by Gasteiger charge is 2.29. The lowest BCUT2D eigenvalue weighted by atomic mass is 10.0. The minimum atomic E-state index is -4.42. The average molecular weight is 709 g/mol. The molecule has 2 N–H and O–H groups in total. The zero-order valence-corrected chi connectivity index (χ0v) is 28.4. The molecule has 50 heavy (non-hydrogen) atoms. The van der Waals surface area contributed by atoms with Crippen LogP contribution in [0.4, 0.5) is 5.69 Å². The van der Waals surface area contributed by atoms with Gasteiger partial charge in [0.1, 0.15) is 11.4 Å². The summed E-state index contributed by atoms with van der Waals surface area (Å²) in [7, 11) is -7.53. The van der Waals surface area contributed by atoms with Crippen LogP contribution in [0.1, 0.15) is 35.5 Å². The van der Waals surface area contributed by atoms with E-state index in [0.717, 1.165) is 50.7 Å². The van der Waals surface area contributed by atoms with Crippen molar-refractivity contribution in [3.8, 4) is 0 Å². The molecule has 6 aromatic rings. The number of benzene rings is 4. The maximum Gasteiger partial charge on any atom is 0.425 e. The van der Waals surface area contributed by atoms with E-state index in [-0.39, 0.29) is 10.5 Å². The number of hydrogen-bond donors (Lipinski definition) is 2. The summed E-state index contributed by atoms with van der Waals surface area (Å²) < 4.78 is 64.0. The first kappa shape index (κ1) is 34.1. The Hall–Kier alpha value is -5.76. The maximum atomic E-state index is 12.2. The van der Waals surface area contributed by atoms with Crippen LogP contribution in [-0.2, 0) is 27.3 Å². The van der Waals surface area contributed by atoms with Crippen molar-refractivity contribution in [2.45, 2.75) is 25.3 Å². The largest absolute Gasteiger partial charge is 0.478 e. The summed E-state index contributed by atoms with van der Waals surface area (Å²) >= 11 is 0. The van der Waals surface area contributed by atoms with Crippen LogP contribution in [0, 0.1) is 0 Å². The average Bonchev–Trinajstić information content (AvgIpc) is 3.57. The van der Waals surface area contributed by atoms with Crippen molar-refractivity contribution >= 4 is 82.2 Å². The van der Waals surface area contributed by atoms with E-state index in [1.165, 1.54) is 23.0 Å². The zero-order valence-electron chi connectivity index (χ0n) is 26.8. The van der Waals surface area contributed by atoms with Crippen LogP contribution >= 0.6 is 0 Å². The summed E-state index contributed by atoms with van der Waals surface area (Å²) in [6.07, 6.45) is 9.36. The summed E-state index contributed by atoms with van der Waals surface area (Å²) in [5.41, 5.74) is 5.66. The van der Waals surface area contributed by atoms with Gasteiger partial charge in [0.15, 0.2) is 0 Å². The third-order valence-corrected chi connectivity index (χ3v) is 9.55. The Morgan fingerprint density at radius 1 is 0.920 bits per heavy atom. The summed E-state index contributed by atoms with van der Waals surface area (Å²) in [5.74, 6) is -1.05. The number of aromatic carboxylic acids is 1. The summed E-state index contributed by atoms with van der Waals surface area (Å²) in [6.45, 7) is 5.54. The van der Waals surface area contributed by atoms with Crippen molar-refractivity contribution in [1.82, 2.24) is 9.55 Å². The molecule has 0 saturated carbocycles. The maximum absolute atomic E-state index is 12.2. The minimum absolute atomic E-state index is 0.0969. The Morgan fingerprint density at radius 2 is 1.62 bits per heavy atom. The van der Waals surface area contributed by atoms with E-state index in [4.69, 9.17) is 12.6 Å². The van der Waals surface area contributed by atoms with Gasteiger partial charge in [-0.15, -0.1) is 12.6 Å². The molecule has 7 rings (SSSR count). The normalized spacial score (nSPS) is 13.5. The quantitative estimate of drug-likeness (QED) is 0.116. The number of carboxylic acids is 1. The molecule has 0 spiro atoms. The van der Waals surface area contributed by atoms with Gasteiger partial charge in [0.25, 0.3) is 10.1 Å². The second kappa shape index (κ2) is 13.6. The number of aryl methyl sites for hydroxylation is 1. The Morgan fingerprint density at radius 3 is 2.26 bits per heavy atom. The molecule has 1 aliphatic rings. The Balaban J connectivity index is 0.00000103. The third kappa shape index (κ3) is 6.25. The molecule has 0 atom stereocenters. The molecular formula is C37H30N3O8S2+. The van der Waals surface area contributed by atoms with Crippen LogP contribution < -0.4 is 5.35 Å². The Kier molecular flexibility index (Phi) is 9.30. The minimum Gasteiger partial charge on any atom is -0.478 e. The second-order valence-electron chi connectivity index (χ2n) is 11.3. The van der Waals surface area contributed by atoms with Gasteiger partial charge in [0.2, 0.25) is 11.4 Å². The molecule has 0 saturated heterocycles. The molecule has 11 nitrogen and oxygen atoms in total. The molecule has 3 heterocycles. The van der Waals surface area contributed by atoms with E-state index in [1.54, 1.807) is 30.3 Å². The summed E-state index contributed by atoms with van der Waals surface area (Å²) in [5, 5.41) is 14.8. The molecule has 0 aliphatic carbocycles. The molecule has 1 aliphatic heterocycles. The van der Waals surface area contributed by atoms with Crippen LogP contribution in [0.5, 0.6) is 0 Å². The van der Waals surface area contributed by atoms with Crippen molar-refractivity contribution in [3.05, 3.63) is 125 Å². The number of rotatable bonds is 8. The van der Waals surface area contributed by atoms with E-state index in [1.807, 2.05) is 31.2 Å². The predicted octanol–water partition coefficient (Wildman–Crippen LogP) is 5.61. The van der Waals surface area contributed by atoms with Gasteiger partial charge < -0.3 is 9.67 Å². The highest BCUT2D eigenvalue weighted by atomic mass is 32.2. The monoisotopic (exact) mass is 708 g/mol. The van der Waals surface area contributed by atoms with E-state index >= 15 is 0 Å². The van der Waals surface area contributed by atoms with Gasteiger partial charge in [0, 0.05) is 57.5 Å². The lowest BCUT2D eigenvalue weighted by molar-refractivity contribution is -0.430. The van der Waals surface area contributed by atoms with Crippen LogP contribution in [0.25, 0.3) is 44.1 Å². The molecule has 4 aromatic carbocycles. The number of allylic oxidation sites excluding steroid dienone is 4. The van der Waals surface area contributed by atoms with Gasteiger partial charge in [0.05, 0.1) is 22.2 Å². The van der Waals surface area contributed by atoms with Crippen molar-refractivity contribution in [2.24, 2.45) is 0 Å². The third-order valence-electron chi connectivity index (χ3n) is 8.63. The first-order chi connectivity index (χ1) is 23.9. The van der Waals surface area contributed by atoms with Gasteiger partial charge in [-0.05, 0) is 61.7 Å². The molecular weight excluding hydrogens is 679 g/mol. The Bertz CT molecular complexity index is 2720. The van der Waals surface area contributed by atoms with Crippen LogP contribution in [0.2, 0.25) is 0 Å². The van der Waals surface area contributed by atoms with Crippen molar-refractivity contribution < 1.29 is 40.1 Å². The molecule has 0 radical (unpaired) electrons. The fourth-order valence-electron chi connectivity index (χ4n) is 6.63. The molecule has 13 heteroatoms. The summed E-state index contributed by atoms with van der Waals surface area (Å²) in [4.78, 5) is 15.9. The lowest BCUT2D eigenvalue weighted by Gasteiger charge is -2.05. The van der Waals surface area contributed by atoms with Gasteiger partial charge >= 0.3 is 16.6 Å². The molecule has 2 aromatic heterocycles. The summed E-state index contributed by atoms with van der Waals surface area (Å²) in [6, 6.07) is 24.5. The highest BCUT2D eigenvalue weighted by Crippen LogP contribution is 2.36. The van der Waals surface area contributed by atoms with E-state index in [2.05, 4.69) is 63.5 Å². The molecule has 0 amide bonds. The smallest absolute Gasteiger partial charge is 0.425 e. The Labute approximate surface area is 288 Å². The SMILES string of the molecule is CCn1c(=C/C=C(/C=C/C2=[N+](CC)c3cccc4cccc2c34)c2ccc(C(=O)O)cn2)c2cccc3c(S(=O)(=O)O)ccc1c32.O=S(=O)=O. The topological polar surface area (TPSA) is 164 Å². The van der Waals surface area contributed by atoms with E-state index in [9.17, 15) is 22.9 Å². The zero-order chi connectivity index (χ0) is 35.7. The number of carbonyl (C=O) groups is 1. The van der Waals surface area contributed by atoms with E-state index < -0.39 is 26.7 Å². The number of nitrogens with zero attached hydrogens (tertiary/aromatic N) is 3. The van der Waals surface area contributed by atoms with Crippen LogP contribution in [-0.4, -0.2) is 63.1 Å². The van der Waals surface area contributed by atoms with Crippen LogP contribution in [0.3, 0.4) is 0 Å². The number of hydrogen-bond acceptors (Lipinski definition) is 7. The molecule has 0 fully saturated rings. The number of pyridine rings is 1. The van der Waals surface area contributed by atoms with Crippen LogP contribution in [0.15, 0.2) is 108 Å². The van der Waals surface area contributed by atoms with Crippen molar-refractivity contribution in [3.63, 3.8) is 0 Å². The van der Waals surface area contributed by atoms with Crippen molar-refractivity contribution in [2.75, 3.05) is 6.54 Å². The number of aromatic nitrogens is 2.